The van der Waals surface area contributed by atoms with Crippen LogP contribution in [0, 0.1) is 17.5 Å². The molecule has 0 spiro atoms. The summed E-state index contributed by atoms with van der Waals surface area (Å²) < 4.78 is 51.2. The largest absolute Gasteiger partial charge is 0.454 e. The molecular formula is C19H16F3NO3S. The molecule has 4 rings (SSSR count). The minimum Gasteiger partial charge on any atom is -0.454 e. The fourth-order valence-corrected chi connectivity index (χ4v) is 4.44. The summed E-state index contributed by atoms with van der Waals surface area (Å²) in [7, 11) is 0. The third kappa shape index (κ3) is 3.45. The molecule has 1 saturated heterocycles. The number of rotatable bonds is 2. The molecule has 2 aromatic rings. The van der Waals surface area contributed by atoms with Gasteiger partial charge in [-0.3, -0.25) is 4.79 Å². The predicted molar refractivity (Wildman–Crippen MR) is 94.6 cm³/mol. The molecule has 2 aliphatic heterocycles. The van der Waals surface area contributed by atoms with Crippen molar-refractivity contribution in [3.05, 3.63) is 58.9 Å². The minimum atomic E-state index is -1.62. The fraction of sp³-hybridized carbons (Fsp3) is 0.316. The molecule has 1 atom stereocenters. The van der Waals surface area contributed by atoms with Crippen LogP contribution >= 0.6 is 11.8 Å². The highest BCUT2D eigenvalue weighted by atomic mass is 32.2. The molecule has 0 aromatic heterocycles. The molecule has 1 amide bonds. The summed E-state index contributed by atoms with van der Waals surface area (Å²) in [4.78, 5) is 14.1. The van der Waals surface area contributed by atoms with Crippen LogP contribution in [-0.4, -0.2) is 36.4 Å². The van der Waals surface area contributed by atoms with Gasteiger partial charge in [0.25, 0.3) is 5.91 Å². The van der Waals surface area contributed by atoms with E-state index in [1.165, 1.54) is 4.90 Å². The highest BCUT2D eigenvalue weighted by Gasteiger charge is 2.27. The maximum atomic E-state index is 13.9. The highest BCUT2D eigenvalue weighted by molar-refractivity contribution is 7.99. The first-order valence-corrected chi connectivity index (χ1v) is 9.53. The SMILES string of the molecule is O=C(c1ccc(F)c(F)c1F)N1CCSC(c2ccc3c(c2)OCO3)CC1. The Kier molecular flexibility index (Phi) is 4.90. The van der Waals surface area contributed by atoms with E-state index in [4.69, 9.17) is 9.47 Å². The van der Waals surface area contributed by atoms with Crippen LogP contribution in [0.4, 0.5) is 13.2 Å². The molecule has 2 aliphatic rings. The van der Waals surface area contributed by atoms with Crippen LogP contribution in [0.5, 0.6) is 11.5 Å². The number of hydrogen-bond acceptors (Lipinski definition) is 4. The lowest BCUT2D eigenvalue weighted by Crippen LogP contribution is -2.33. The number of nitrogens with zero attached hydrogens (tertiary/aromatic N) is 1. The second-order valence-corrected chi connectivity index (χ2v) is 7.59. The van der Waals surface area contributed by atoms with Gasteiger partial charge in [0.2, 0.25) is 6.79 Å². The third-order valence-corrected chi connectivity index (χ3v) is 5.99. The van der Waals surface area contributed by atoms with E-state index in [-0.39, 0.29) is 12.0 Å². The highest BCUT2D eigenvalue weighted by Crippen LogP contribution is 2.40. The van der Waals surface area contributed by atoms with Crippen molar-refractivity contribution >= 4 is 17.7 Å². The third-order valence-electron chi connectivity index (χ3n) is 4.66. The molecule has 4 nitrogen and oxygen atoms in total. The molecule has 0 bridgehead atoms. The topological polar surface area (TPSA) is 38.8 Å². The number of carbonyl (C=O) groups is 1. The summed E-state index contributed by atoms with van der Waals surface area (Å²) in [5.74, 6) is -2.93. The number of carbonyl (C=O) groups excluding carboxylic acids is 1. The Labute approximate surface area is 158 Å². The zero-order valence-electron chi connectivity index (χ0n) is 14.2. The molecule has 1 unspecified atom stereocenters. The number of amides is 1. The van der Waals surface area contributed by atoms with Gasteiger partial charge in [-0.05, 0) is 36.2 Å². The molecule has 2 aromatic carbocycles. The van der Waals surface area contributed by atoms with Crippen LogP contribution in [0.3, 0.4) is 0 Å². The van der Waals surface area contributed by atoms with Gasteiger partial charge in [0.1, 0.15) is 0 Å². The lowest BCUT2D eigenvalue weighted by Gasteiger charge is -2.21. The second kappa shape index (κ2) is 7.34. The molecule has 0 saturated carbocycles. The average Bonchev–Trinajstić information content (AvgIpc) is 3.00. The zero-order valence-corrected chi connectivity index (χ0v) is 15.0. The number of thioether (sulfide) groups is 1. The number of ether oxygens (including phenoxy) is 2. The molecule has 0 radical (unpaired) electrons. The van der Waals surface area contributed by atoms with E-state index >= 15 is 0 Å². The second-order valence-electron chi connectivity index (χ2n) is 6.28. The lowest BCUT2D eigenvalue weighted by atomic mass is 10.1. The van der Waals surface area contributed by atoms with Gasteiger partial charge < -0.3 is 14.4 Å². The van der Waals surface area contributed by atoms with E-state index in [0.29, 0.717) is 36.8 Å². The van der Waals surface area contributed by atoms with E-state index < -0.39 is 28.9 Å². The summed E-state index contributed by atoms with van der Waals surface area (Å²) >= 11 is 1.69. The first-order chi connectivity index (χ1) is 13.0. The Morgan fingerprint density at radius 1 is 1.04 bits per heavy atom. The van der Waals surface area contributed by atoms with Crippen LogP contribution in [0.25, 0.3) is 0 Å². The van der Waals surface area contributed by atoms with Crippen molar-refractivity contribution in [3.63, 3.8) is 0 Å². The van der Waals surface area contributed by atoms with Gasteiger partial charge >= 0.3 is 0 Å². The van der Waals surface area contributed by atoms with Gasteiger partial charge in [0.05, 0.1) is 5.56 Å². The van der Waals surface area contributed by atoms with Crippen molar-refractivity contribution < 1.29 is 27.4 Å². The molecule has 0 N–H and O–H groups in total. The zero-order chi connectivity index (χ0) is 19.0. The van der Waals surface area contributed by atoms with Crippen LogP contribution in [0.15, 0.2) is 30.3 Å². The summed E-state index contributed by atoms with van der Waals surface area (Å²) in [5, 5.41) is 0.145. The maximum Gasteiger partial charge on any atom is 0.256 e. The summed E-state index contributed by atoms with van der Waals surface area (Å²) in [6, 6.07) is 7.53. The van der Waals surface area contributed by atoms with E-state index in [1.54, 1.807) is 11.8 Å². The number of fused-ring (bicyclic) bond motifs is 1. The number of hydrogen-bond donors (Lipinski definition) is 0. The van der Waals surface area contributed by atoms with Gasteiger partial charge in [0.15, 0.2) is 29.0 Å². The standard InChI is InChI=1S/C19H16F3NO3S/c20-13-3-2-12(17(21)18(13)22)19(24)23-6-5-16(27-8-7-23)11-1-4-14-15(9-11)26-10-25-14/h1-4,9,16H,5-8,10H2. The first kappa shape index (κ1) is 18.0. The summed E-state index contributed by atoms with van der Waals surface area (Å²) in [6.45, 7) is 1.00. The fourth-order valence-electron chi connectivity index (χ4n) is 3.21. The predicted octanol–water partition coefficient (Wildman–Crippen LogP) is 4.15. The number of benzene rings is 2. The lowest BCUT2D eigenvalue weighted by molar-refractivity contribution is 0.0760. The van der Waals surface area contributed by atoms with Crippen molar-refractivity contribution in [2.24, 2.45) is 0 Å². The average molecular weight is 395 g/mol. The van der Waals surface area contributed by atoms with Crippen molar-refractivity contribution in [2.75, 3.05) is 25.6 Å². The smallest absolute Gasteiger partial charge is 0.256 e. The van der Waals surface area contributed by atoms with Gasteiger partial charge in [-0.15, -0.1) is 0 Å². The Balaban J connectivity index is 1.49. The maximum absolute atomic E-state index is 13.9. The Hall–Kier alpha value is -2.35. The van der Waals surface area contributed by atoms with Gasteiger partial charge in [-0.2, -0.15) is 11.8 Å². The minimum absolute atomic E-state index is 0.145. The Morgan fingerprint density at radius 2 is 1.85 bits per heavy atom. The van der Waals surface area contributed by atoms with E-state index in [2.05, 4.69) is 0 Å². The normalized spacial score (nSPS) is 19.1. The summed E-state index contributed by atoms with van der Waals surface area (Å²) in [5.41, 5.74) is 0.623. The Bertz CT molecular complexity index is 893. The number of halogens is 3. The monoisotopic (exact) mass is 395 g/mol. The van der Waals surface area contributed by atoms with Crippen LogP contribution in [0.1, 0.15) is 27.6 Å². The molecule has 2 heterocycles. The Morgan fingerprint density at radius 3 is 2.70 bits per heavy atom. The first-order valence-electron chi connectivity index (χ1n) is 8.48. The van der Waals surface area contributed by atoms with Gasteiger partial charge in [-0.1, -0.05) is 6.07 Å². The molecular weight excluding hydrogens is 379 g/mol. The molecule has 142 valence electrons. The van der Waals surface area contributed by atoms with E-state index in [1.807, 2.05) is 18.2 Å². The molecule has 1 fully saturated rings. The van der Waals surface area contributed by atoms with Crippen molar-refractivity contribution in [1.82, 2.24) is 4.90 Å². The van der Waals surface area contributed by atoms with Crippen LogP contribution in [0.2, 0.25) is 0 Å². The van der Waals surface area contributed by atoms with Crippen molar-refractivity contribution in [2.45, 2.75) is 11.7 Å². The summed E-state index contributed by atoms with van der Waals surface area (Å²) in [6.07, 6.45) is 0.654. The van der Waals surface area contributed by atoms with Crippen LogP contribution < -0.4 is 9.47 Å². The van der Waals surface area contributed by atoms with Gasteiger partial charge in [0, 0.05) is 24.1 Å². The van der Waals surface area contributed by atoms with E-state index in [9.17, 15) is 18.0 Å². The van der Waals surface area contributed by atoms with Crippen molar-refractivity contribution in [1.29, 1.82) is 0 Å². The van der Waals surface area contributed by atoms with Crippen LogP contribution in [-0.2, 0) is 0 Å². The molecule has 8 heteroatoms. The molecule has 27 heavy (non-hydrogen) atoms. The van der Waals surface area contributed by atoms with E-state index in [0.717, 1.165) is 17.7 Å². The quantitative estimate of drug-likeness (QED) is 0.716. The van der Waals surface area contributed by atoms with Crippen molar-refractivity contribution in [3.8, 4) is 11.5 Å². The van der Waals surface area contributed by atoms with Gasteiger partial charge in [-0.25, -0.2) is 13.2 Å². The molecule has 0 aliphatic carbocycles.